The van der Waals surface area contributed by atoms with Crippen LogP contribution in [-0.2, 0) is 10.9 Å². The van der Waals surface area contributed by atoms with Crippen molar-refractivity contribution < 1.29 is 27.1 Å². The van der Waals surface area contributed by atoms with E-state index in [-0.39, 0.29) is 34.8 Å². The molecule has 1 fully saturated rings. The first kappa shape index (κ1) is 18.8. The third kappa shape index (κ3) is 3.47. The summed E-state index contributed by atoms with van der Waals surface area (Å²) < 4.78 is 52.4. The van der Waals surface area contributed by atoms with Gasteiger partial charge in [0.15, 0.2) is 11.3 Å². The number of pyridine rings is 1. The largest absolute Gasteiger partial charge is 0.464 e. The van der Waals surface area contributed by atoms with Gasteiger partial charge >= 0.3 is 6.18 Å². The molecule has 1 amide bonds. The predicted octanol–water partition coefficient (Wildman–Crippen LogP) is 4.18. The van der Waals surface area contributed by atoms with E-state index < -0.39 is 23.3 Å². The minimum absolute atomic E-state index is 0.115. The highest BCUT2D eigenvalue weighted by molar-refractivity contribution is 6.33. The van der Waals surface area contributed by atoms with Crippen molar-refractivity contribution in [2.24, 2.45) is 0 Å². The van der Waals surface area contributed by atoms with Crippen LogP contribution in [0.5, 0.6) is 0 Å². The summed E-state index contributed by atoms with van der Waals surface area (Å²) in [5.41, 5.74) is -1.58. The van der Waals surface area contributed by atoms with Gasteiger partial charge < -0.3 is 14.5 Å². The molecule has 10 heteroatoms. The van der Waals surface area contributed by atoms with E-state index >= 15 is 0 Å². The highest BCUT2D eigenvalue weighted by Gasteiger charge is 2.36. The fraction of sp³-hybridized carbons (Fsp3) is 0.333. The minimum Gasteiger partial charge on any atom is -0.464 e. The van der Waals surface area contributed by atoms with E-state index in [1.165, 1.54) is 18.5 Å². The molecular formula is C18H15ClF3N3O3. The third-order valence-corrected chi connectivity index (χ3v) is 4.86. The molecule has 0 radical (unpaired) electrons. The first-order chi connectivity index (χ1) is 13.3. The number of hydrogen-bond acceptors (Lipinski definition) is 4. The van der Waals surface area contributed by atoms with E-state index in [0.29, 0.717) is 6.61 Å². The number of carbonyl (C=O) groups excluding carboxylic acids is 1. The van der Waals surface area contributed by atoms with E-state index in [0.717, 1.165) is 23.3 Å². The second kappa shape index (κ2) is 7.14. The number of amides is 1. The molecule has 0 aromatic carbocycles. The molecular weight excluding hydrogens is 399 g/mol. The molecule has 0 bridgehead atoms. The zero-order chi connectivity index (χ0) is 19.9. The number of alkyl halides is 3. The van der Waals surface area contributed by atoms with Crippen LogP contribution >= 0.6 is 11.6 Å². The van der Waals surface area contributed by atoms with Gasteiger partial charge in [0.25, 0.3) is 5.91 Å². The lowest BCUT2D eigenvalue weighted by Gasteiger charge is -2.10. The lowest BCUT2D eigenvalue weighted by molar-refractivity contribution is -0.136. The standard InChI is InChI=1S/C18H15ClF3N3O3/c19-15-14(17(26)23-8-11-3-1-5-27-11)24-16-12(18(20,21)22)7-10(9-25(15)16)13-4-2-6-28-13/h2,4,6-7,9,11H,1,3,5,8H2,(H,23,26). The number of furan rings is 1. The van der Waals surface area contributed by atoms with Crippen LogP contribution in [-0.4, -0.2) is 34.5 Å². The predicted molar refractivity (Wildman–Crippen MR) is 94.2 cm³/mol. The molecule has 148 valence electrons. The molecule has 0 spiro atoms. The van der Waals surface area contributed by atoms with E-state index in [2.05, 4.69) is 10.3 Å². The van der Waals surface area contributed by atoms with Crippen LogP contribution in [0.2, 0.25) is 5.15 Å². The maximum absolute atomic E-state index is 13.6. The van der Waals surface area contributed by atoms with Crippen molar-refractivity contribution in [2.45, 2.75) is 25.1 Å². The molecule has 0 saturated carbocycles. The molecule has 1 atom stereocenters. The van der Waals surface area contributed by atoms with Gasteiger partial charge in [-0.2, -0.15) is 13.2 Å². The summed E-state index contributed by atoms with van der Waals surface area (Å²) >= 11 is 6.21. The summed E-state index contributed by atoms with van der Waals surface area (Å²) in [5.74, 6) is -0.418. The molecule has 28 heavy (non-hydrogen) atoms. The number of carbonyl (C=O) groups is 1. The highest BCUT2D eigenvalue weighted by Crippen LogP contribution is 2.37. The number of imidazole rings is 1. The Labute approximate surface area is 162 Å². The molecule has 1 saturated heterocycles. The number of fused-ring (bicyclic) bond motifs is 1. The Bertz CT molecular complexity index is 1010. The molecule has 0 aliphatic carbocycles. The van der Waals surface area contributed by atoms with E-state index in [1.807, 2.05) is 0 Å². The van der Waals surface area contributed by atoms with Gasteiger partial charge in [-0.25, -0.2) is 4.98 Å². The highest BCUT2D eigenvalue weighted by atomic mass is 35.5. The van der Waals surface area contributed by atoms with Crippen molar-refractivity contribution in [3.8, 4) is 11.3 Å². The van der Waals surface area contributed by atoms with Gasteiger partial charge in [-0.1, -0.05) is 11.6 Å². The third-order valence-electron chi connectivity index (χ3n) is 4.50. The summed E-state index contributed by atoms with van der Waals surface area (Å²) in [7, 11) is 0. The molecule has 3 aromatic heterocycles. The molecule has 1 aliphatic rings. The topological polar surface area (TPSA) is 68.8 Å². The van der Waals surface area contributed by atoms with Crippen LogP contribution < -0.4 is 5.32 Å². The molecule has 1 unspecified atom stereocenters. The molecule has 1 N–H and O–H groups in total. The SMILES string of the molecule is O=C(NCC1CCCO1)c1nc2c(C(F)(F)F)cc(-c3ccco3)cn2c1Cl. The van der Waals surface area contributed by atoms with Gasteiger partial charge in [0.1, 0.15) is 10.9 Å². The summed E-state index contributed by atoms with van der Waals surface area (Å²) in [6.45, 7) is 0.868. The smallest absolute Gasteiger partial charge is 0.420 e. The van der Waals surface area contributed by atoms with Gasteiger partial charge in [0.05, 0.1) is 17.9 Å². The van der Waals surface area contributed by atoms with Crippen molar-refractivity contribution in [3.63, 3.8) is 0 Å². The summed E-state index contributed by atoms with van der Waals surface area (Å²) in [6, 6.07) is 4.01. The van der Waals surface area contributed by atoms with Crippen molar-refractivity contribution >= 4 is 23.2 Å². The number of rotatable bonds is 4. The number of hydrogen-bond donors (Lipinski definition) is 1. The number of halogens is 4. The number of aromatic nitrogens is 2. The second-order valence-corrected chi connectivity index (χ2v) is 6.77. The molecule has 6 nitrogen and oxygen atoms in total. The van der Waals surface area contributed by atoms with E-state index in [4.69, 9.17) is 20.8 Å². The van der Waals surface area contributed by atoms with Crippen molar-refractivity contribution in [2.75, 3.05) is 13.2 Å². The maximum Gasteiger partial charge on any atom is 0.420 e. The Morgan fingerprint density at radius 1 is 1.43 bits per heavy atom. The zero-order valence-corrected chi connectivity index (χ0v) is 15.2. The zero-order valence-electron chi connectivity index (χ0n) is 14.4. The summed E-state index contributed by atoms with van der Waals surface area (Å²) in [6.07, 6.45) is -0.383. The van der Waals surface area contributed by atoms with Crippen LogP contribution in [0, 0.1) is 0 Å². The lowest BCUT2D eigenvalue weighted by Crippen LogP contribution is -2.32. The summed E-state index contributed by atoms with van der Waals surface area (Å²) in [5, 5.41) is 2.41. The second-order valence-electron chi connectivity index (χ2n) is 6.41. The molecule has 4 rings (SSSR count). The Morgan fingerprint density at radius 3 is 2.89 bits per heavy atom. The normalized spacial score (nSPS) is 17.4. The molecule has 1 aliphatic heterocycles. The van der Waals surface area contributed by atoms with Crippen molar-refractivity contribution in [1.82, 2.24) is 14.7 Å². The van der Waals surface area contributed by atoms with E-state index in [1.54, 1.807) is 6.07 Å². The fourth-order valence-corrected chi connectivity index (χ4v) is 3.40. The van der Waals surface area contributed by atoms with Crippen LogP contribution in [0.15, 0.2) is 35.1 Å². The Kier molecular flexibility index (Phi) is 4.80. The lowest BCUT2D eigenvalue weighted by atomic mass is 10.1. The maximum atomic E-state index is 13.6. The average molecular weight is 414 g/mol. The molecule has 4 heterocycles. The van der Waals surface area contributed by atoms with Gasteiger partial charge in [0.2, 0.25) is 0 Å². The van der Waals surface area contributed by atoms with Gasteiger partial charge in [0, 0.05) is 24.9 Å². The van der Waals surface area contributed by atoms with Gasteiger partial charge in [-0.05, 0) is 31.0 Å². The van der Waals surface area contributed by atoms with Crippen LogP contribution in [0.1, 0.15) is 28.9 Å². The summed E-state index contributed by atoms with van der Waals surface area (Å²) in [4.78, 5) is 16.3. The van der Waals surface area contributed by atoms with Gasteiger partial charge in [-0.3, -0.25) is 9.20 Å². The minimum atomic E-state index is -4.69. The first-order valence-corrected chi connectivity index (χ1v) is 8.95. The van der Waals surface area contributed by atoms with Crippen LogP contribution in [0.3, 0.4) is 0 Å². The molecule has 3 aromatic rings. The Morgan fingerprint density at radius 2 is 2.25 bits per heavy atom. The number of ether oxygens (including phenoxy) is 1. The van der Waals surface area contributed by atoms with Gasteiger partial charge in [-0.15, -0.1) is 0 Å². The first-order valence-electron chi connectivity index (χ1n) is 8.57. The van der Waals surface area contributed by atoms with E-state index in [9.17, 15) is 18.0 Å². The average Bonchev–Trinajstić information content (AvgIpc) is 3.40. The number of nitrogens with one attached hydrogen (secondary N) is 1. The van der Waals surface area contributed by atoms with Crippen molar-refractivity contribution in [1.29, 1.82) is 0 Å². The van der Waals surface area contributed by atoms with Crippen LogP contribution in [0.4, 0.5) is 13.2 Å². The quantitative estimate of drug-likeness (QED) is 0.697. The van der Waals surface area contributed by atoms with Crippen molar-refractivity contribution in [3.05, 3.63) is 47.1 Å². The monoisotopic (exact) mass is 413 g/mol. The van der Waals surface area contributed by atoms with Crippen LogP contribution in [0.25, 0.3) is 17.0 Å². The Hall–Kier alpha value is -2.52. The Balaban J connectivity index is 1.75. The fourth-order valence-electron chi connectivity index (χ4n) is 3.14. The number of nitrogens with zero attached hydrogens (tertiary/aromatic N) is 2.